The van der Waals surface area contributed by atoms with Crippen LogP contribution < -0.4 is 9.47 Å². The van der Waals surface area contributed by atoms with Crippen LogP contribution in [0.15, 0.2) is 29.6 Å². The van der Waals surface area contributed by atoms with Gasteiger partial charge < -0.3 is 14.4 Å². The fraction of sp³-hybridized carbons (Fsp3) is 0.500. The zero-order valence-corrected chi connectivity index (χ0v) is 16.4. The van der Waals surface area contributed by atoms with Crippen molar-refractivity contribution in [2.75, 3.05) is 26.8 Å². The second-order valence-corrected chi connectivity index (χ2v) is 7.86. The van der Waals surface area contributed by atoms with Gasteiger partial charge in [0.1, 0.15) is 17.2 Å². The van der Waals surface area contributed by atoms with Crippen molar-refractivity contribution in [1.82, 2.24) is 9.88 Å². The minimum absolute atomic E-state index is 0.0410. The Bertz CT molecular complexity index is 744. The van der Waals surface area contributed by atoms with Crippen LogP contribution in [-0.4, -0.2) is 42.6 Å². The Morgan fingerprint density at radius 2 is 2.19 bits per heavy atom. The van der Waals surface area contributed by atoms with Crippen molar-refractivity contribution < 1.29 is 14.3 Å². The highest BCUT2D eigenvalue weighted by atomic mass is 32.1. The van der Waals surface area contributed by atoms with Crippen LogP contribution in [0.2, 0.25) is 0 Å². The van der Waals surface area contributed by atoms with E-state index in [1.165, 1.54) is 0 Å². The molecule has 1 saturated heterocycles. The molecule has 0 unspecified atom stereocenters. The number of ether oxygens (including phenoxy) is 2. The number of hydrogen-bond donors (Lipinski definition) is 0. The smallest absolute Gasteiger partial charge is 0.273 e. The van der Waals surface area contributed by atoms with E-state index in [9.17, 15) is 4.79 Å². The summed E-state index contributed by atoms with van der Waals surface area (Å²) >= 11 is 1.57. The minimum Gasteiger partial charge on any atom is -0.497 e. The zero-order chi connectivity index (χ0) is 18.5. The molecule has 0 bridgehead atoms. The van der Waals surface area contributed by atoms with Gasteiger partial charge in [-0.25, -0.2) is 4.98 Å². The summed E-state index contributed by atoms with van der Waals surface area (Å²) in [6.07, 6.45) is 2.07. The van der Waals surface area contributed by atoms with Crippen molar-refractivity contribution in [3.63, 3.8) is 0 Å². The Morgan fingerprint density at radius 3 is 2.92 bits per heavy atom. The van der Waals surface area contributed by atoms with Crippen LogP contribution in [0.3, 0.4) is 0 Å². The van der Waals surface area contributed by atoms with Gasteiger partial charge in [0.25, 0.3) is 5.91 Å². The van der Waals surface area contributed by atoms with Gasteiger partial charge in [0.05, 0.1) is 18.7 Å². The third kappa shape index (κ3) is 4.55. The first kappa shape index (κ1) is 18.7. The van der Waals surface area contributed by atoms with E-state index in [0.29, 0.717) is 24.1 Å². The summed E-state index contributed by atoms with van der Waals surface area (Å²) in [5, 5.41) is 2.90. The Labute approximate surface area is 159 Å². The fourth-order valence-electron chi connectivity index (χ4n) is 3.10. The van der Waals surface area contributed by atoms with E-state index in [4.69, 9.17) is 9.47 Å². The van der Waals surface area contributed by atoms with Gasteiger partial charge >= 0.3 is 0 Å². The van der Waals surface area contributed by atoms with Crippen LogP contribution in [0.5, 0.6) is 11.5 Å². The maximum absolute atomic E-state index is 12.8. The number of amides is 1. The van der Waals surface area contributed by atoms with Crippen LogP contribution in [-0.2, 0) is 0 Å². The van der Waals surface area contributed by atoms with Gasteiger partial charge in [-0.3, -0.25) is 4.79 Å². The molecule has 1 aliphatic rings. The summed E-state index contributed by atoms with van der Waals surface area (Å²) in [7, 11) is 1.65. The molecule has 2 aromatic rings. The van der Waals surface area contributed by atoms with Crippen molar-refractivity contribution in [3.05, 3.63) is 40.3 Å². The molecule has 6 heteroatoms. The first-order chi connectivity index (χ1) is 12.6. The highest BCUT2D eigenvalue weighted by Crippen LogP contribution is 2.24. The lowest BCUT2D eigenvalue weighted by atomic mass is 9.98. The topological polar surface area (TPSA) is 51.7 Å². The lowest BCUT2D eigenvalue weighted by Gasteiger charge is -2.32. The lowest BCUT2D eigenvalue weighted by Crippen LogP contribution is -2.41. The molecule has 1 fully saturated rings. The Kier molecular flexibility index (Phi) is 6.14. The normalized spacial score (nSPS) is 17.4. The highest BCUT2D eigenvalue weighted by molar-refractivity contribution is 7.09. The summed E-state index contributed by atoms with van der Waals surface area (Å²) in [4.78, 5) is 19.2. The van der Waals surface area contributed by atoms with E-state index >= 15 is 0 Å². The van der Waals surface area contributed by atoms with Crippen LogP contribution in [0, 0.1) is 5.92 Å². The molecular weight excluding hydrogens is 348 g/mol. The molecule has 1 amide bonds. The maximum atomic E-state index is 12.8. The molecule has 0 saturated carbocycles. The summed E-state index contributed by atoms with van der Waals surface area (Å²) in [5.41, 5.74) is 0.577. The Hall–Kier alpha value is -2.08. The maximum Gasteiger partial charge on any atom is 0.273 e. The SMILES string of the molecule is COc1cccc(OC[C@H]2CCCN(C(=O)c3csc(C(C)C)n3)C2)c1. The molecule has 5 nitrogen and oxygen atoms in total. The number of carbonyl (C=O) groups excluding carboxylic acids is 1. The fourth-order valence-corrected chi connectivity index (χ4v) is 3.91. The summed E-state index contributed by atoms with van der Waals surface area (Å²) in [6, 6.07) is 7.62. The summed E-state index contributed by atoms with van der Waals surface area (Å²) in [5.74, 6) is 2.31. The van der Waals surface area contributed by atoms with Gasteiger partial charge in [-0.15, -0.1) is 11.3 Å². The van der Waals surface area contributed by atoms with E-state index < -0.39 is 0 Å². The highest BCUT2D eigenvalue weighted by Gasteiger charge is 2.26. The first-order valence-corrected chi connectivity index (χ1v) is 9.96. The molecule has 140 valence electrons. The minimum atomic E-state index is 0.0410. The second-order valence-electron chi connectivity index (χ2n) is 6.98. The number of aromatic nitrogens is 1. The van der Waals surface area contributed by atoms with Crippen molar-refractivity contribution in [1.29, 1.82) is 0 Å². The first-order valence-electron chi connectivity index (χ1n) is 9.08. The number of likely N-dealkylation sites (tertiary alicyclic amines) is 1. The number of thiazole rings is 1. The molecule has 1 aromatic heterocycles. The average Bonchev–Trinajstić information content (AvgIpc) is 3.17. The van der Waals surface area contributed by atoms with E-state index in [1.807, 2.05) is 34.5 Å². The Balaban J connectivity index is 1.57. The monoisotopic (exact) mass is 374 g/mol. The molecule has 1 atom stereocenters. The number of nitrogens with zero attached hydrogens (tertiary/aromatic N) is 2. The number of carbonyl (C=O) groups is 1. The molecular formula is C20H26N2O3S. The predicted molar refractivity (Wildman–Crippen MR) is 103 cm³/mol. The van der Waals surface area contributed by atoms with Gasteiger partial charge in [-0.1, -0.05) is 19.9 Å². The molecule has 0 radical (unpaired) electrons. The van der Waals surface area contributed by atoms with E-state index in [1.54, 1.807) is 18.4 Å². The van der Waals surface area contributed by atoms with Crippen LogP contribution in [0.1, 0.15) is 48.1 Å². The molecule has 0 spiro atoms. The van der Waals surface area contributed by atoms with Crippen molar-refractivity contribution >= 4 is 17.2 Å². The Morgan fingerprint density at radius 1 is 1.38 bits per heavy atom. The molecule has 2 heterocycles. The number of benzene rings is 1. The van der Waals surface area contributed by atoms with Gasteiger partial charge in [0.15, 0.2) is 0 Å². The molecule has 0 aliphatic carbocycles. The van der Waals surface area contributed by atoms with Crippen LogP contribution >= 0.6 is 11.3 Å². The molecule has 3 rings (SSSR count). The summed E-state index contributed by atoms with van der Waals surface area (Å²) in [6.45, 7) is 6.31. The number of hydrogen-bond acceptors (Lipinski definition) is 5. The molecule has 1 aromatic carbocycles. The number of methoxy groups -OCH3 is 1. The van der Waals surface area contributed by atoms with E-state index in [2.05, 4.69) is 18.8 Å². The van der Waals surface area contributed by atoms with Crippen LogP contribution in [0.4, 0.5) is 0 Å². The zero-order valence-electron chi connectivity index (χ0n) is 15.6. The van der Waals surface area contributed by atoms with Crippen molar-refractivity contribution in [2.45, 2.75) is 32.6 Å². The van der Waals surface area contributed by atoms with Gasteiger partial charge in [-0.2, -0.15) is 0 Å². The average molecular weight is 375 g/mol. The standard InChI is InChI=1S/C20H26N2O3S/c1-14(2)19-21-18(13-26-19)20(23)22-9-5-6-15(11-22)12-25-17-8-4-7-16(10-17)24-3/h4,7-8,10,13-15H,5-6,9,11-12H2,1-3H3/t15-/m0/s1. The predicted octanol–water partition coefficient (Wildman–Crippen LogP) is 4.21. The van der Waals surface area contributed by atoms with Crippen molar-refractivity contribution in [2.24, 2.45) is 5.92 Å². The molecule has 0 N–H and O–H groups in total. The van der Waals surface area contributed by atoms with E-state index in [0.717, 1.165) is 42.4 Å². The summed E-state index contributed by atoms with van der Waals surface area (Å²) < 4.78 is 11.1. The van der Waals surface area contributed by atoms with E-state index in [-0.39, 0.29) is 5.91 Å². The van der Waals surface area contributed by atoms with Gasteiger partial charge in [0, 0.05) is 36.4 Å². The third-order valence-corrected chi connectivity index (χ3v) is 5.71. The second kappa shape index (κ2) is 8.54. The number of rotatable bonds is 6. The molecule has 1 aliphatic heterocycles. The quantitative estimate of drug-likeness (QED) is 0.760. The van der Waals surface area contributed by atoms with Gasteiger partial charge in [-0.05, 0) is 25.0 Å². The third-order valence-electron chi connectivity index (χ3n) is 4.57. The van der Waals surface area contributed by atoms with Crippen LogP contribution in [0.25, 0.3) is 0 Å². The molecule has 26 heavy (non-hydrogen) atoms. The number of piperidine rings is 1. The van der Waals surface area contributed by atoms with Crippen molar-refractivity contribution in [3.8, 4) is 11.5 Å². The largest absolute Gasteiger partial charge is 0.497 e. The lowest BCUT2D eigenvalue weighted by molar-refractivity contribution is 0.0628. The van der Waals surface area contributed by atoms with Gasteiger partial charge in [0.2, 0.25) is 0 Å².